The molecule has 0 saturated heterocycles. The second-order valence-corrected chi connectivity index (χ2v) is 19.1. The highest BCUT2D eigenvalue weighted by Crippen LogP contribution is 2.43. The van der Waals surface area contributed by atoms with Crippen LogP contribution in [0.5, 0.6) is 0 Å². The Morgan fingerprint density at radius 3 is 1.24 bits per heavy atom. The van der Waals surface area contributed by atoms with E-state index in [1.54, 1.807) is 0 Å². The van der Waals surface area contributed by atoms with E-state index in [1.807, 2.05) is 12.1 Å². The van der Waals surface area contributed by atoms with E-state index in [-0.39, 0.29) is 0 Å². The molecule has 5 nitrogen and oxygen atoms in total. The second kappa shape index (κ2) is 16.8. The average molecular weight is 942 g/mol. The molecule has 0 fully saturated rings. The van der Waals surface area contributed by atoms with E-state index in [1.165, 1.54) is 37.9 Å². The highest BCUT2D eigenvalue weighted by atomic mass is 15.2. The van der Waals surface area contributed by atoms with E-state index >= 15 is 0 Å². The van der Waals surface area contributed by atoms with E-state index in [0.717, 1.165) is 88.2 Å². The number of benzene rings is 12. The van der Waals surface area contributed by atoms with Gasteiger partial charge in [-0.3, -0.25) is 4.57 Å². The highest BCUT2D eigenvalue weighted by Gasteiger charge is 2.24. The van der Waals surface area contributed by atoms with Gasteiger partial charge in [0, 0.05) is 38.4 Å². The summed E-state index contributed by atoms with van der Waals surface area (Å²) in [5.41, 5.74) is 14.1. The number of aromatic nitrogens is 5. The van der Waals surface area contributed by atoms with Gasteiger partial charge in [-0.1, -0.05) is 224 Å². The molecule has 3 aromatic heterocycles. The van der Waals surface area contributed by atoms with Crippen molar-refractivity contribution in [2.75, 3.05) is 0 Å². The predicted octanol–water partition coefficient (Wildman–Crippen LogP) is 17.9. The van der Waals surface area contributed by atoms with Gasteiger partial charge in [-0.2, -0.15) is 9.97 Å². The van der Waals surface area contributed by atoms with E-state index in [4.69, 9.17) is 15.0 Å². The molecule has 0 unspecified atom stereocenters. The summed E-state index contributed by atoms with van der Waals surface area (Å²) in [6, 6.07) is 93.5. The monoisotopic (exact) mass is 941 g/mol. The Morgan fingerprint density at radius 2 is 0.649 bits per heavy atom. The molecule has 0 saturated carbocycles. The quantitative estimate of drug-likeness (QED) is 0.150. The van der Waals surface area contributed by atoms with Crippen LogP contribution < -0.4 is 0 Å². The minimum Gasteiger partial charge on any atom is -0.309 e. The van der Waals surface area contributed by atoms with Crippen molar-refractivity contribution in [1.82, 2.24) is 24.1 Å². The van der Waals surface area contributed by atoms with Gasteiger partial charge in [0.25, 0.3) is 0 Å². The van der Waals surface area contributed by atoms with Gasteiger partial charge < -0.3 is 4.57 Å². The zero-order chi connectivity index (χ0) is 48.7. The molecule has 0 N–H and O–H groups in total. The van der Waals surface area contributed by atoms with Crippen LogP contribution in [0.3, 0.4) is 0 Å². The van der Waals surface area contributed by atoms with Gasteiger partial charge in [0.2, 0.25) is 5.95 Å². The molecule has 0 aliphatic carbocycles. The molecule has 0 radical (unpaired) electrons. The van der Waals surface area contributed by atoms with E-state index < -0.39 is 0 Å². The fourth-order valence-corrected chi connectivity index (χ4v) is 11.5. The van der Waals surface area contributed by atoms with Crippen LogP contribution in [0.1, 0.15) is 0 Å². The van der Waals surface area contributed by atoms with Crippen molar-refractivity contribution in [1.29, 1.82) is 0 Å². The standard InChI is InChI=1S/C69H43N5/c1-3-16-44(17-4-1)46-30-34-48(35-31-46)67-70-68(49-36-32-47(33-37-49)45-18-5-2-6-19-45)72-69(71-67)74-62-28-13-11-26-58(62)59-40-41-64-65(66(59)74)60-27-12-14-29-63(60)73(64)52-21-15-20-50(42-52)51-38-39-57-55-24-8-7-22-53(55)54-23-9-10-25-56(54)61(57)43-51/h1-43H. The number of hydrogen-bond donors (Lipinski definition) is 0. The summed E-state index contributed by atoms with van der Waals surface area (Å²) in [5.74, 6) is 1.76. The van der Waals surface area contributed by atoms with Gasteiger partial charge >= 0.3 is 0 Å². The smallest absolute Gasteiger partial charge is 0.238 e. The third kappa shape index (κ3) is 6.68. The molecule has 5 heteroatoms. The van der Waals surface area contributed by atoms with Crippen LogP contribution in [0.2, 0.25) is 0 Å². The molecule has 3 heterocycles. The minimum absolute atomic E-state index is 0.554. The molecule has 0 atom stereocenters. The Bertz CT molecular complexity index is 4550. The predicted molar refractivity (Wildman–Crippen MR) is 308 cm³/mol. The van der Waals surface area contributed by atoms with Crippen molar-refractivity contribution in [2.24, 2.45) is 0 Å². The maximum atomic E-state index is 5.43. The molecule has 15 rings (SSSR count). The van der Waals surface area contributed by atoms with Gasteiger partial charge in [0.1, 0.15) is 0 Å². The first-order chi connectivity index (χ1) is 36.7. The lowest BCUT2D eigenvalue weighted by Gasteiger charge is -2.13. The Balaban J connectivity index is 0.939. The number of para-hydroxylation sites is 2. The fourth-order valence-electron chi connectivity index (χ4n) is 11.5. The van der Waals surface area contributed by atoms with Crippen molar-refractivity contribution in [3.63, 3.8) is 0 Å². The van der Waals surface area contributed by atoms with Crippen molar-refractivity contribution >= 4 is 75.9 Å². The van der Waals surface area contributed by atoms with Crippen LogP contribution in [-0.4, -0.2) is 24.1 Å². The van der Waals surface area contributed by atoms with Gasteiger partial charge in [-0.25, -0.2) is 4.98 Å². The van der Waals surface area contributed by atoms with Crippen molar-refractivity contribution in [2.45, 2.75) is 0 Å². The molecule has 0 spiro atoms. The average Bonchev–Trinajstić information content (AvgIpc) is 4.04. The first-order valence-corrected chi connectivity index (χ1v) is 25.2. The van der Waals surface area contributed by atoms with Gasteiger partial charge in [0.15, 0.2) is 11.6 Å². The minimum atomic E-state index is 0.554. The third-order valence-electron chi connectivity index (χ3n) is 15.0. The summed E-state index contributed by atoms with van der Waals surface area (Å²) >= 11 is 0. The van der Waals surface area contributed by atoms with Gasteiger partial charge in [-0.05, 0) is 102 Å². The summed E-state index contributed by atoms with van der Waals surface area (Å²) in [5, 5.41) is 12.1. The zero-order valence-electron chi connectivity index (χ0n) is 40.1. The first kappa shape index (κ1) is 41.8. The summed E-state index contributed by atoms with van der Waals surface area (Å²) in [6.07, 6.45) is 0. The molecule has 344 valence electrons. The van der Waals surface area contributed by atoms with Crippen LogP contribution >= 0.6 is 0 Å². The summed E-state index contributed by atoms with van der Waals surface area (Å²) < 4.78 is 4.70. The summed E-state index contributed by atoms with van der Waals surface area (Å²) in [7, 11) is 0. The first-order valence-electron chi connectivity index (χ1n) is 25.2. The van der Waals surface area contributed by atoms with Crippen molar-refractivity contribution in [3.8, 4) is 67.8 Å². The topological polar surface area (TPSA) is 48.5 Å². The van der Waals surface area contributed by atoms with Gasteiger partial charge in [-0.15, -0.1) is 0 Å². The Hall–Kier alpha value is -9.97. The number of hydrogen-bond acceptors (Lipinski definition) is 3. The molecule has 74 heavy (non-hydrogen) atoms. The van der Waals surface area contributed by atoms with Crippen LogP contribution in [-0.2, 0) is 0 Å². The van der Waals surface area contributed by atoms with E-state index in [9.17, 15) is 0 Å². The SMILES string of the molecule is c1ccc(-c2ccc(-c3nc(-c4ccc(-c5ccccc5)cc4)nc(-n4c5ccccc5c5ccc6c(c7ccccc7n6-c6cccc(-c7ccc8c9ccccc9c9ccccc9c8c7)c6)c54)n3)cc2)cc1. The van der Waals surface area contributed by atoms with Crippen molar-refractivity contribution < 1.29 is 0 Å². The lowest BCUT2D eigenvalue weighted by molar-refractivity contribution is 0.955. The van der Waals surface area contributed by atoms with E-state index in [0.29, 0.717) is 17.6 Å². The molecule has 0 aliphatic heterocycles. The Kier molecular flexibility index (Phi) is 9.50. The van der Waals surface area contributed by atoms with Gasteiger partial charge in [0.05, 0.1) is 22.1 Å². The maximum Gasteiger partial charge on any atom is 0.238 e. The Labute approximate surface area is 426 Å². The van der Waals surface area contributed by atoms with Crippen LogP contribution in [0.25, 0.3) is 144 Å². The normalized spacial score (nSPS) is 11.8. The Morgan fingerprint density at radius 1 is 0.230 bits per heavy atom. The zero-order valence-corrected chi connectivity index (χ0v) is 40.1. The van der Waals surface area contributed by atoms with Crippen molar-refractivity contribution in [3.05, 3.63) is 261 Å². The molecule has 0 aliphatic rings. The molecule has 0 bridgehead atoms. The molecule has 12 aromatic carbocycles. The second-order valence-electron chi connectivity index (χ2n) is 19.1. The summed E-state index contributed by atoms with van der Waals surface area (Å²) in [4.78, 5) is 16.1. The largest absolute Gasteiger partial charge is 0.309 e. The number of rotatable bonds is 7. The molecular weight excluding hydrogens is 899 g/mol. The maximum absolute atomic E-state index is 5.43. The molecular formula is C69H43N5. The lowest BCUT2D eigenvalue weighted by atomic mass is 9.92. The van der Waals surface area contributed by atoms with Crippen LogP contribution in [0.4, 0.5) is 0 Å². The molecule has 15 aromatic rings. The van der Waals surface area contributed by atoms with Crippen LogP contribution in [0.15, 0.2) is 261 Å². The molecule has 0 amide bonds. The summed E-state index contributed by atoms with van der Waals surface area (Å²) in [6.45, 7) is 0. The van der Waals surface area contributed by atoms with Crippen LogP contribution in [0, 0.1) is 0 Å². The lowest BCUT2D eigenvalue weighted by Crippen LogP contribution is -2.06. The fraction of sp³-hybridized carbons (Fsp3) is 0. The number of fused-ring (bicyclic) bond motifs is 13. The number of nitrogens with zero attached hydrogens (tertiary/aromatic N) is 5. The highest BCUT2D eigenvalue weighted by molar-refractivity contribution is 6.27. The third-order valence-corrected chi connectivity index (χ3v) is 15.0. The van der Waals surface area contributed by atoms with E-state index in [2.05, 4.69) is 258 Å².